The van der Waals surface area contributed by atoms with Crippen molar-refractivity contribution in [1.29, 1.82) is 0 Å². The maximum atomic E-state index is 10.7. The normalized spacial score (nSPS) is 10.2. The maximum absolute atomic E-state index is 10.7. The molecule has 3 nitrogen and oxygen atoms in total. The highest BCUT2D eigenvalue weighted by Crippen LogP contribution is 2.34. The van der Waals surface area contributed by atoms with Crippen LogP contribution in [0.3, 0.4) is 0 Å². The van der Waals surface area contributed by atoms with Crippen molar-refractivity contribution < 1.29 is 4.92 Å². The van der Waals surface area contributed by atoms with E-state index in [9.17, 15) is 10.1 Å². The smallest absolute Gasteiger partial charge is 0.258 e. The van der Waals surface area contributed by atoms with Crippen LogP contribution in [0.5, 0.6) is 0 Å². The van der Waals surface area contributed by atoms with Gasteiger partial charge in [-0.15, -0.1) is 11.3 Å². The summed E-state index contributed by atoms with van der Waals surface area (Å²) < 4.78 is 0. The van der Waals surface area contributed by atoms with E-state index in [1.165, 1.54) is 11.3 Å². The molecule has 1 aromatic heterocycles. The van der Waals surface area contributed by atoms with Crippen LogP contribution in [0.25, 0.3) is 10.4 Å². The highest BCUT2D eigenvalue weighted by atomic mass is 32.1. The van der Waals surface area contributed by atoms with Gasteiger partial charge in [-0.05, 0) is 17.9 Å². The Morgan fingerprint density at radius 3 is 2.47 bits per heavy atom. The van der Waals surface area contributed by atoms with Gasteiger partial charge in [-0.2, -0.15) is 0 Å². The van der Waals surface area contributed by atoms with Crippen LogP contribution < -0.4 is 0 Å². The molecule has 1 heterocycles. The molecule has 0 atom stereocenters. The van der Waals surface area contributed by atoms with E-state index in [1.54, 1.807) is 11.4 Å². The van der Waals surface area contributed by atoms with Gasteiger partial charge in [0.25, 0.3) is 5.69 Å². The number of rotatable bonds is 2. The van der Waals surface area contributed by atoms with Crippen molar-refractivity contribution in [3.63, 3.8) is 0 Å². The van der Waals surface area contributed by atoms with Gasteiger partial charge in [-0.3, -0.25) is 10.1 Å². The molecule has 0 N–H and O–H groups in total. The summed E-state index contributed by atoms with van der Waals surface area (Å²) in [5, 5.41) is 12.5. The molecule has 76 valence electrons. The molecule has 0 aliphatic rings. The number of hydrogen-bond donors (Lipinski definition) is 0. The molecule has 0 bridgehead atoms. The Hall–Kier alpha value is -1.68. The van der Waals surface area contributed by atoms with E-state index in [-0.39, 0.29) is 10.6 Å². The van der Waals surface area contributed by atoms with Crippen molar-refractivity contribution in [3.8, 4) is 10.4 Å². The number of thiophene rings is 1. The standard InChI is InChI=1S/C11H9NO2S/c1-8-2-4-9(5-3-8)11-10(12(13)14)6-7-15-11/h2-7H,1H3. The van der Waals surface area contributed by atoms with Crippen molar-refractivity contribution >= 4 is 17.0 Å². The number of nitrogens with zero attached hydrogens (tertiary/aromatic N) is 1. The molecule has 0 fully saturated rings. The monoisotopic (exact) mass is 219 g/mol. The molecule has 2 aromatic rings. The summed E-state index contributed by atoms with van der Waals surface area (Å²) in [6.45, 7) is 1.99. The van der Waals surface area contributed by atoms with Gasteiger partial charge >= 0.3 is 0 Å². The first-order valence-corrected chi connectivity index (χ1v) is 5.35. The average Bonchev–Trinajstić information content (AvgIpc) is 2.67. The fourth-order valence-electron chi connectivity index (χ4n) is 1.37. The van der Waals surface area contributed by atoms with Crippen molar-refractivity contribution in [1.82, 2.24) is 0 Å². The van der Waals surface area contributed by atoms with Gasteiger partial charge < -0.3 is 0 Å². The predicted octanol–water partition coefficient (Wildman–Crippen LogP) is 3.63. The first-order chi connectivity index (χ1) is 7.18. The van der Waals surface area contributed by atoms with E-state index in [2.05, 4.69) is 0 Å². The average molecular weight is 219 g/mol. The minimum Gasteiger partial charge on any atom is -0.258 e. The summed E-state index contributed by atoms with van der Waals surface area (Å²) in [7, 11) is 0. The van der Waals surface area contributed by atoms with Crippen molar-refractivity contribution in [2.45, 2.75) is 6.92 Å². The molecule has 0 saturated carbocycles. The summed E-state index contributed by atoms with van der Waals surface area (Å²) in [6, 6.07) is 9.28. The Balaban J connectivity index is 2.49. The van der Waals surface area contributed by atoms with Crippen LogP contribution in [0.2, 0.25) is 0 Å². The zero-order valence-electron chi connectivity index (χ0n) is 8.14. The molecule has 0 amide bonds. The fraction of sp³-hybridized carbons (Fsp3) is 0.0909. The minimum absolute atomic E-state index is 0.184. The van der Waals surface area contributed by atoms with Gasteiger partial charge in [0.2, 0.25) is 0 Å². The maximum Gasteiger partial charge on any atom is 0.287 e. The van der Waals surface area contributed by atoms with Gasteiger partial charge in [0.15, 0.2) is 0 Å². The van der Waals surface area contributed by atoms with Crippen molar-refractivity contribution in [2.75, 3.05) is 0 Å². The molecule has 0 saturated heterocycles. The zero-order valence-corrected chi connectivity index (χ0v) is 8.95. The van der Waals surface area contributed by atoms with Crippen molar-refractivity contribution in [2.24, 2.45) is 0 Å². The summed E-state index contributed by atoms with van der Waals surface area (Å²) in [5.41, 5.74) is 2.24. The third-order valence-electron chi connectivity index (χ3n) is 2.15. The second kappa shape index (κ2) is 3.82. The first kappa shape index (κ1) is 9.86. The number of benzene rings is 1. The van der Waals surface area contributed by atoms with Gasteiger partial charge in [-0.1, -0.05) is 29.8 Å². The lowest BCUT2D eigenvalue weighted by atomic mass is 10.1. The van der Waals surface area contributed by atoms with Crippen LogP contribution in [0, 0.1) is 17.0 Å². The second-order valence-corrected chi connectivity index (χ2v) is 4.17. The lowest BCUT2D eigenvalue weighted by Crippen LogP contribution is -1.87. The van der Waals surface area contributed by atoms with Crippen LogP contribution in [-0.4, -0.2) is 4.92 Å². The number of aryl methyl sites for hydroxylation is 1. The third kappa shape index (κ3) is 1.89. The molecule has 4 heteroatoms. The summed E-state index contributed by atoms with van der Waals surface area (Å²) in [6.07, 6.45) is 0. The lowest BCUT2D eigenvalue weighted by molar-refractivity contribution is -0.383. The molecular weight excluding hydrogens is 210 g/mol. The molecule has 0 unspecified atom stereocenters. The molecule has 0 spiro atoms. The third-order valence-corrected chi connectivity index (χ3v) is 3.11. The Bertz CT molecular complexity index is 488. The van der Waals surface area contributed by atoms with Crippen LogP contribution in [0.4, 0.5) is 5.69 Å². The molecular formula is C11H9NO2S. The molecule has 0 aliphatic carbocycles. The highest BCUT2D eigenvalue weighted by Gasteiger charge is 2.15. The molecule has 15 heavy (non-hydrogen) atoms. The van der Waals surface area contributed by atoms with Crippen LogP contribution in [0.15, 0.2) is 35.7 Å². The van der Waals surface area contributed by atoms with Gasteiger partial charge in [0.05, 0.1) is 4.92 Å². The van der Waals surface area contributed by atoms with E-state index in [0.29, 0.717) is 0 Å². The zero-order chi connectivity index (χ0) is 10.8. The lowest BCUT2D eigenvalue weighted by Gasteiger charge is -1.98. The fourth-order valence-corrected chi connectivity index (χ4v) is 2.24. The largest absolute Gasteiger partial charge is 0.287 e. The summed E-state index contributed by atoms with van der Waals surface area (Å²) in [4.78, 5) is 11.1. The summed E-state index contributed by atoms with van der Waals surface area (Å²) >= 11 is 1.40. The first-order valence-electron chi connectivity index (χ1n) is 4.47. The van der Waals surface area contributed by atoms with Crippen molar-refractivity contribution in [3.05, 3.63) is 51.4 Å². The molecule has 2 rings (SSSR count). The van der Waals surface area contributed by atoms with Gasteiger partial charge in [0.1, 0.15) is 4.88 Å². The van der Waals surface area contributed by atoms with E-state index < -0.39 is 0 Å². The summed E-state index contributed by atoms with van der Waals surface area (Å²) in [5.74, 6) is 0. The quantitative estimate of drug-likeness (QED) is 0.571. The number of hydrogen-bond acceptors (Lipinski definition) is 3. The predicted molar refractivity (Wildman–Crippen MR) is 61.1 cm³/mol. The Morgan fingerprint density at radius 2 is 1.87 bits per heavy atom. The molecule has 0 aliphatic heterocycles. The molecule has 1 aromatic carbocycles. The van der Waals surface area contributed by atoms with E-state index >= 15 is 0 Å². The van der Waals surface area contributed by atoms with Crippen LogP contribution in [0.1, 0.15) is 5.56 Å². The van der Waals surface area contributed by atoms with Crippen LogP contribution in [-0.2, 0) is 0 Å². The molecule has 0 radical (unpaired) electrons. The Labute approximate surface area is 91.1 Å². The SMILES string of the molecule is Cc1ccc(-c2sccc2[N+](=O)[O-])cc1. The van der Waals surface area contributed by atoms with E-state index in [4.69, 9.17) is 0 Å². The van der Waals surface area contributed by atoms with E-state index in [1.807, 2.05) is 31.2 Å². The topological polar surface area (TPSA) is 43.1 Å². The van der Waals surface area contributed by atoms with Crippen LogP contribution >= 0.6 is 11.3 Å². The van der Waals surface area contributed by atoms with Gasteiger partial charge in [-0.25, -0.2) is 0 Å². The minimum atomic E-state index is -0.342. The Morgan fingerprint density at radius 1 is 1.20 bits per heavy atom. The van der Waals surface area contributed by atoms with Gasteiger partial charge in [0, 0.05) is 6.07 Å². The Kier molecular flexibility index (Phi) is 2.51. The second-order valence-electron chi connectivity index (χ2n) is 3.26. The van der Waals surface area contributed by atoms with E-state index in [0.717, 1.165) is 16.0 Å². The highest BCUT2D eigenvalue weighted by molar-refractivity contribution is 7.14. The number of nitro groups is 1.